The second-order valence-corrected chi connectivity index (χ2v) is 2.87. The van der Waals surface area contributed by atoms with E-state index in [1.54, 1.807) is 7.11 Å². The summed E-state index contributed by atoms with van der Waals surface area (Å²) in [6, 6.07) is -0.336. The van der Waals surface area contributed by atoms with Gasteiger partial charge in [0.05, 0.1) is 12.0 Å². The zero-order chi connectivity index (χ0) is 8.43. The van der Waals surface area contributed by atoms with E-state index < -0.39 is 11.9 Å². The first-order chi connectivity index (χ1) is 5.16. The standard InChI is InChI=1S/C7H13NO3/c1-11-5-3-2-4(6(5)8)7(9)10/h4-6H,2-3,8H2,1H3,(H,9,10)/t4-,5+,6+/m0/s1. The lowest BCUT2D eigenvalue weighted by Gasteiger charge is -2.15. The molecule has 1 fully saturated rings. The Balaban J connectivity index is 2.55. The molecule has 4 nitrogen and oxygen atoms in total. The topological polar surface area (TPSA) is 72.5 Å². The minimum atomic E-state index is -0.808. The predicted octanol–water partition coefficient (Wildman–Crippen LogP) is -0.177. The zero-order valence-electron chi connectivity index (χ0n) is 6.49. The Bertz CT molecular complexity index is 160. The second kappa shape index (κ2) is 3.19. The van der Waals surface area contributed by atoms with Gasteiger partial charge in [-0.1, -0.05) is 0 Å². The van der Waals surface area contributed by atoms with Crippen molar-refractivity contribution in [1.82, 2.24) is 0 Å². The van der Waals surface area contributed by atoms with Crippen molar-refractivity contribution in [3.8, 4) is 0 Å². The Morgan fingerprint density at radius 1 is 1.64 bits per heavy atom. The first-order valence-corrected chi connectivity index (χ1v) is 3.68. The molecule has 0 spiro atoms. The minimum Gasteiger partial charge on any atom is -0.481 e. The average molecular weight is 159 g/mol. The van der Waals surface area contributed by atoms with Crippen LogP contribution in [0.15, 0.2) is 0 Å². The lowest BCUT2D eigenvalue weighted by atomic mass is 10.0. The van der Waals surface area contributed by atoms with Crippen molar-refractivity contribution in [2.45, 2.75) is 25.0 Å². The number of ether oxygens (including phenoxy) is 1. The van der Waals surface area contributed by atoms with Gasteiger partial charge in [0.15, 0.2) is 0 Å². The van der Waals surface area contributed by atoms with E-state index in [1.807, 2.05) is 0 Å². The molecule has 0 radical (unpaired) electrons. The fourth-order valence-corrected chi connectivity index (χ4v) is 1.55. The molecule has 0 amide bonds. The van der Waals surface area contributed by atoms with Crippen LogP contribution in [0.5, 0.6) is 0 Å². The molecule has 11 heavy (non-hydrogen) atoms. The van der Waals surface area contributed by atoms with E-state index in [0.29, 0.717) is 6.42 Å². The van der Waals surface area contributed by atoms with Gasteiger partial charge in [-0.3, -0.25) is 4.79 Å². The summed E-state index contributed by atoms with van der Waals surface area (Å²) in [5.74, 6) is -1.23. The molecule has 0 aliphatic heterocycles. The highest BCUT2D eigenvalue weighted by Gasteiger charge is 2.37. The van der Waals surface area contributed by atoms with Crippen LogP contribution in [0, 0.1) is 5.92 Å². The van der Waals surface area contributed by atoms with Crippen molar-refractivity contribution in [3.63, 3.8) is 0 Å². The van der Waals surface area contributed by atoms with Crippen LogP contribution in [0.4, 0.5) is 0 Å². The van der Waals surface area contributed by atoms with Crippen molar-refractivity contribution in [3.05, 3.63) is 0 Å². The van der Waals surface area contributed by atoms with Crippen LogP contribution in [-0.4, -0.2) is 30.3 Å². The van der Waals surface area contributed by atoms with Gasteiger partial charge in [-0.15, -0.1) is 0 Å². The Labute approximate surface area is 65.3 Å². The lowest BCUT2D eigenvalue weighted by Crippen LogP contribution is -2.39. The smallest absolute Gasteiger partial charge is 0.308 e. The van der Waals surface area contributed by atoms with Crippen molar-refractivity contribution >= 4 is 5.97 Å². The number of aliphatic carboxylic acids is 1. The highest BCUT2D eigenvalue weighted by molar-refractivity contribution is 5.71. The van der Waals surface area contributed by atoms with Crippen LogP contribution in [0.25, 0.3) is 0 Å². The summed E-state index contributed by atoms with van der Waals surface area (Å²) in [5, 5.41) is 8.66. The van der Waals surface area contributed by atoms with Crippen LogP contribution >= 0.6 is 0 Å². The molecule has 0 aromatic carbocycles. The number of carboxylic acid groups (broad SMARTS) is 1. The quantitative estimate of drug-likeness (QED) is 0.586. The first kappa shape index (κ1) is 8.49. The Kier molecular flexibility index (Phi) is 2.46. The van der Waals surface area contributed by atoms with E-state index >= 15 is 0 Å². The maximum absolute atomic E-state index is 10.5. The Morgan fingerprint density at radius 2 is 2.27 bits per heavy atom. The normalized spacial score (nSPS) is 37.5. The molecule has 0 unspecified atom stereocenters. The fourth-order valence-electron chi connectivity index (χ4n) is 1.55. The number of rotatable bonds is 2. The van der Waals surface area contributed by atoms with Crippen molar-refractivity contribution in [2.24, 2.45) is 11.7 Å². The van der Waals surface area contributed by atoms with Gasteiger partial charge in [0.2, 0.25) is 0 Å². The molecular weight excluding hydrogens is 146 g/mol. The number of carbonyl (C=O) groups is 1. The van der Waals surface area contributed by atoms with E-state index in [4.69, 9.17) is 15.6 Å². The van der Waals surface area contributed by atoms with Gasteiger partial charge < -0.3 is 15.6 Å². The van der Waals surface area contributed by atoms with Gasteiger partial charge in [0.25, 0.3) is 0 Å². The summed E-state index contributed by atoms with van der Waals surface area (Å²) < 4.78 is 5.02. The van der Waals surface area contributed by atoms with E-state index in [9.17, 15) is 4.79 Å². The maximum Gasteiger partial charge on any atom is 0.308 e. The molecule has 1 aliphatic rings. The SMILES string of the molecule is CO[C@@H]1CC[C@H](C(=O)O)[C@H]1N. The molecule has 64 valence electrons. The number of hydrogen-bond acceptors (Lipinski definition) is 3. The number of nitrogens with two attached hydrogens (primary N) is 1. The van der Waals surface area contributed by atoms with Gasteiger partial charge in [-0.2, -0.15) is 0 Å². The van der Waals surface area contributed by atoms with Gasteiger partial charge in [-0.25, -0.2) is 0 Å². The van der Waals surface area contributed by atoms with Gasteiger partial charge in [0, 0.05) is 13.2 Å². The van der Waals surface area contributed by atoms with Gasteiger partial charge in [0.1, 0.15) is 0 Å². The first-order valence-electron chi connectivity index (χ1n) is 3.68. The third kappa shape index (κ3) is 1.52. The minimum absolute atomic E-state index is 0.0731. The van der Waals surface area contributed by atoms with Gasteiger partial charge >= 0.3 is 5.97 Å². The van der Waals surface area contributed by atoms with E-state index in [0.717, 1.165) is 6.42 Å². The molecule has 0 aromatic heterocycles. The number of hydrogen-bond donors (Lipinski definition) is 2. The summed E-state index contributed by atoms with van der Waals surface area (Å²) in [7, 11) is 1.56. The second-order valence-electron chi connectivity index (χ2n) is 2.87. The maximum atomic E-state index is 10.5. The Morgan fingerprint density at radius 3 is 2.55 bits per heavy atom. The summed E-state index contributed by atoms with van der Waals surface area (Å²) in [4.78, 5) is 10.5. The average Bonchev–Trinajstić information content (AvgIpc) is 2.30. The van der Waals surface area contributed by atoms with E-state index in [2.05, 4.69) is 0 Å². The van der Waals surface area contributed by atoms with Crippen LogP contribution in [0.1, 0.15) is 12.8 Å². The van der Waals surface area contributed by atoms with E-state index in [-0.39, 0.29) is 12.1 Å². The third-order valence-corrected chi connectivity index (χ3v) is 2.28. The molecule has 0 bridgehead atoms. The van der Waals surface area contributed by atoms with Crippen LogP contribution < -0.4 is 5.73 Å². The molecule has 1 rings (SSSR count). The summed E-state index contributed by atoms with van der Waals surface area (Å²) in [6.45, 7) is 0. The molecule has 0 aromatic rings. The molecular formula is C7H13NO3. The fraction of sp³-hybridized carbons (Fsp3) is 0.857. The number of methoxy groups -OCH3 is 1. The van der Waals surface area contributed by atoms with Crippen molar-refractivity contribution in [2.75, 3.05) is 7.11 Å². The highest BCUT2D eigenvalue weighted by Crippen LogP contribution is 2.26. The lowest BCUT2D eigenvalue weighted by molar-refractivity contribution is -0.142. The molecule has 3 atom stereocenters. The predicted molar refractivity (Wildman–Crippen MR) is 39.1 cm³/mol. The molecule has 3 N–H and O–H groups in total. The summed E-state index contributed by atoms with van der Waals surface area (Å²) in [6.07, 6.45) is 1.32. The molecule has 1 saturated carbocycles. The largest absolute Gasteiger partial charge is 0.481 e. The molecule has 0 heterocycles. The number of carboxylic acids is 1. The van der Waals surface area contributed by atoms with Gasteiger partial charge in [-0.05, 0) is 12.8 Å². The van der Waals surface area contributed by atoms with Crippen molar-refractivity contribution < 1.29 is 14.6 Å². The van der Waals surface area contributed by atoms with Crippen LogP contribution in [0.3, 0.4) is 0 Å². The third-order valence-electron chi connectivity index (χ3n) is 2.28. The van der Waals surface area contributed by atoms with E-state index in [1.165, 1.54) is 0 Å². The highest BCUT2D eigenvalue weighted by atomic mass is 16.5. The summed E-state index contributed by atoms with van der Waals surface area (Å²) in [5.41, 5.74) is 5.63. The van der Waals surface area contributed by atoms with Crippen molar-refractivity contribution in [1.29, 1.82) is 0 Å². The molecule has 0 saturated heterocycles. The summed E-state index contributed by atoms with van der Waals surface area (Å²) >= 11 is 0. The molecule has 1 aliphatic carbocycles. The zero-order valence-corrected chi connectivity index (χ0v) is 6.49. The van der Waals surface area contributed by atoms with Crippen LogP contribution in [0.2, 0.25) is 0 Å². The van der Waals surface area contributed by atoms with Crippen LogP contribution in [-0.2, 0) is 9.53 Å². The monoisotopic (exact) mass is 159 g/mol. The molecule has 4 heteroatoms. The Hall–Kier alpha value is -0.610.